The molecule has 1 N–H and O–H groups in total. The number of hydrogen-bond donors (Lipinski definition) is 1. The number of aromatic nitrogens is 3. The van der Waals surface area contributed by atoms with Crippen molar-refractivity contribution >= 4 is 33.0 Å². The number of nitrogens with zero attached hydrogens (tertiary/aromatic N) is 3. The van der Waals surface area contributed by atoms with Crippen molar-refractivity contribution in [3.05, 3.63) is 63.6 Å². The third-order valence-corrected chi connectivity index (χ3v) is 4.36. The first-order chi connectivity index (χ1) is 10.2. The predicted molar refractivity (Wildman–Crippen MR) is 87.6 cm³/mol. The van der Waals surface area contributed by atoms with Crippen molar-refractivity contribution in [2.75, 3.05) is 7.05 Å². The molecule has 0 fully saturated rings. The SMILES string of the molecule is CNC(Cc1ccc(Br)cc1Cl)c1cnn2ccncc12. The summed E-state index contributed by atoms with van der Waals surface area (Å²) >= 11 is 9.75. The van der Waals surface area contributed by atoms with Gasteiger partial charge in [0.2, 0.25) is 0 Å². The summed E-state index contributed by atoms with van der Waals surface area (Å²) in [5.41, 5.74) is 3.22. The summed E-state index contributed by atoms with van der Waals surface area (Å²) in [4.78, 5) is 4.18. The van der Waals surface area contributed by atoms with Crippen LogP contribution in [0.1, 0.15) is 17.2 Å². The molecular weight excluding hydrogens is 352 g/mol. The van der Waals surface area contributed by atoms with Gasteiger partial charge in [-0.25, -0.2) is 4.52 Å². The highest BCUT2D eigenvalue weighted by Gasteiger charge is 2.16. The van der Waals surface area contributed by atoms with Gasteiger partial charge in [0, 0.05) is 33.5 Å². The first-order valence-electron chi connectivity index (χ1n) is 6.57. The van der Waals surface area contributed by atoms with E-state index in [0.29, 0.717) is 0 Å². The third-order valence-electron chi connectivity index (χ3n) is 3.52. The first-order valence-corrected chi connectivity index (χ1v) is 7.74. The molecular formula is C15H14BrClN4. The van der Waals surface area contributed by atoms with Gasteiger partial charge in [0.15, 0.2) is 0 Å². The lowest BCUT2D eigenvalue weighted by Gasteiger charge is -2.16. The Hall–Kier alpha value is -1.43. The molecule has 0 bridgehead atoms. The van der Waals surface area contributed by atoms with E-state index >= 15 is 0 Å². The van der Waals surface area contributed by atoms with Gasteiger partial charge in [-0.05, 0) is 31.2 Å². The summed E-state index contributed by atoms with van der Waals surface area (Å²) < 4.78 is 2.81. The van der Waals surface area contributed by atoms with E-state index in [9.17, 15) is 0 Å². The van der Waals surface area contributed by atoms with Crippen molar-refractivity contribution in [1.82, 2.24) is 19.9 Å². The fourth-order valence-corrected chi connectivity index (χ4v) is 3.15. The molecule has 0 aliphatic carbocycles. The van der Waals surface area contributed by atoms with Crippen LogP contribution < -0.4 is 5.32 Å². The third kappa shape index (κ3) is 2.95. The molecule has 0 saturated heterocycles. The van der Waals surface area contributed by atoms with Crippen LogP contribution in [0.5, 0.6) is 0 Å². The molecule has 2 heterocycles. The van der Waals surface area contributed by atoms with Crippen molar-refractivity contribution in [2.24, 2.45) is 0 Å². The minimum atomic E-state index is 0.130. The van der Waals surface area contributed by atoms with Gasteiger partial charge < -0.3 is 5.32 Å². The average Bonchev–Trinajstić information content (AvgIpc) is 2.91. The quantitative estimate of drug-likeness (QED) is 0.767. The molecule has 0 spiro atoms. The van der Waals surface area contributed by atoms with Gasteiger partial charge >= 0.3 is 0 Å². The highest BCUT2D eigenvalue weighted by molar-refractivity contribution is 9.10. The Labute approximate surface area is 136 Å². The number of likely N-dealkylation sites (N-methyl/N-ethyl adjacent to an activating group) is 1. The fourth-order valence-electron chi connectivity index (χ4n) is 2.40. The minimum Gasteiger partial charge on any atom is -0.313 e. The van der Waals surface area contributed by atoms with E-state index in [1.807, 2.05) is 48.4 Å². The summed E-state index contributed by atoms with van der Waals surface area (Å²) in [7, 11) is 1.94. The molecule has 6 heteroatoms. The number of benzene rings is 1. The van der Waals surface area contributed by atoms with Crippen molar-refractivity contribution in [3.8, 4) is 0 Å². The second-order valence-electron chi connectivity index (χ2n) is 4.79. The lowest BCUT2D eigenvalue weighted by molar-refractivity contribution is 0.596. The molecule has 0 radical (unpaired) electrons. The van der Waals surface area contributed by atoms with E-state index < -0.39 is 0 Å². The van der Waals surface area contributed by atoms with Crippen LogP contribution in [0.15, 0.2) is 47.5 Å². The first kappa shape index (κ1) is 14.5. The van der Waals surface area contributed by atoms with Gasteiger partial charge in [0.25, 0.3) is 0 Å². The molecule has 3 aromatic rings. The molecule has 3 rings (SSSR count). The molecule has 0 aliphatic heterocycles. The topological polar surface area (TPSA) is 42.2 Å². The van der Waals surface area contributed by atoms with Gasteiger partial charge in [0.1, 0.15) is 0 Å². The van der Waals surface area contributed by atoms with Crippen molar-refractivity contribution in [2.45, 2.75) is 12.5 Å². The van der Waals surface area contributed by atoms with Crippen LogP contribution >= 0.6 is 27.5 Å². The molecule has 21 heavy (non-hydrogen) atoms. The zero-order valence-corrected chi connectivity index (χ0v) is 13.8. The molecule has 0 aliphatic rings. The Kier molecular flexibility index (Phi) is 4.24. The summed E-state index contributed by atoms with van der Waals surface area (Å²) in [6.45, 7) is 0. The molecule has 1 aromatic carbocycles. The van der Waals surface area contributed by atoms with Crippen molar-refractivity contribution in [3.63, 3.8) is 0 Å². The molecule has 1 unspecified atom stereocenters. The second kappa shape index (κ2) is 6.13. The average molecular weight is 366 g/mol. The molecule has 0 saturated carbocycles. The largest absolute Gasteiger partial charge is 0.313 e. The lowest BCUT2D eigenvalue weighted by Crippen LogP contribution is -2.19. The van der Waals surface area contributed by atoms with Crippen LogP contribution in [0.2, 0.25) is 5.02 Å². The van der Waals surface area contributed by atoms with Crippen LogP contribution in [-0.2, 0) is 6.42 Å². The van der Waals surface area contributed by atoms with Gasteiger partial charge in [-0.1, -0.05) is 33.6 Å². The summed E-state index contributed by atoms with van der Waals surface area (Å²) in [5.74, 6) is 0. The fraction of sp³-hybridized carbons (Fsp3) is 0.200. The number of nitrogens with one attached hydrogen (secondary N) is 1. The second-order valence-corrected chi connectivity index (χ2v) is 6.11. The monoisotopic (exact) mass is 364 g/mol. The number of fused-ring (bicyclic) bond motifs is 1. The number of rotatable bonds is 4. The Morgan fingerprint density at radius 1 is 1.38 bits per heavy atom. The zero-order valence-electron chi connectivity index (χ0n) is 11.4. The molecule has 4 nitrogen and oxygen atoms in total. The van der Waals surface area contributed by atoms with Gasteiger partial charge in [-0.2, -0.15) is 5.10 Å². The maximum Gasteiger partial charge on any atom is 0.0892 e. The zero-order chi connectivity index (χ0) is 14.8. The smallest absolute Gasteiger partial charge is 0.0892 e. The highest BCUT2D eigenvalue weighted by atomic mass is 79.9. The van der Waals surface area contributed by atoms with Crippen LogP contribution in [0.4, 0.5) is 0 Å². The van der Waals surface area contributed by atoms with Gasteiger partial charge in [-0.3, -0.25) is 4.98 Å². The van der Waals surface area contributed by atoms with E-state index in [2.05, 4.69) is 31.3 Å². The highest BCUT2D eigenvalue weighted by Crippen LogP contribution is 2.27. The molecule has 2 aromatic heterocycles. The normalized spacial score (nSPS) is 12.7. The number of hydrogen-bond acceptors (Lipinski definition) is 3. The summed E-state index contributed by atoms with van der Waals surface area (Å²) in [6, 6.07) is 6.10. The van der Waals surface area contributed by atoms with Crippen LogP contribution in [0.25, 0.3) is 5.52 Å². The maximum atomic E-state index is 6.32. The maximum absolute atomic E-state index is 6.32. The van der Waals surface area contributed by atoms with E-state index in [1.165, 1.54) is 0 Å². The molecule has 1 atom stereocenters. The van der Waals surface area contributed by atoms with Gasteiger partial charge in [0.05, 0.1) is 17.9 Å². The Morgan fingerprint density at radius 2 is 2.24 bits per heavy atom. The molecule has 108 valence electrons. The van der Waals surface area contributed by atoms with Crippen LogP contribution in [0.3, 0.4) is 0 Å². The van der Waals surface area contributed by atoms with E-state index in [4.69, 9.17) is 11.6 Å². The number of halogens is 2. The standard InChI is InChI=1S/C15H14BrClN4/c1-18-14(6-10-2-3-11(16)7-13(10)17)12-8-20-21-5-4-19-9-15(12)21/h2-5,7-9,14,18H,6H2,1H3. The Morgan fingerprint density at radius 3 is 3.00 bits per heavy atom. The van der Waals surface area contributed by atoms with Crippen LogP contribution in [0, 0.1) is 0 Å². The molecule has 0 amide bonds. The Bertz CT molecular complexity index is 771. The lowest BCUT2D eigenvalue weighted by atomic mass is 10.0. The van der Waals surface area contributed by atoms with Gasteiger partial charge in [-0.15, -0.1) is 0 Å². The van der Waals surface area contributed by atoms with E-state index in [1.54, 1.807) is 6.20 Å². The summed E-state index contributed by atoms with van der Waals surface area (Å²) in [6.07, 6.45) is 8.07. The van der Waals surface area contributed by atoms with Crippen molar-refractivity contribution < 1.29 is 0 Å². The Balaban J connectivity index is 1.95. The van der Waals surface area contributed by atoms with E-state index in [-0.39, 0.29) is 6.04 Å². The minimum absolute atomic E-state index is 0.130. The van der Waals surface area contributed by atoms with Crippen LogP contribution in [-0.4, -0.2) is 21.6 Å². The predicted octanol–water partition coefficient (Wildman–Crippen LogP) is 3.65. The summed E-state index contributed by atoms with van der Waals surface area (Å²) in [5, 5.41) is 8.46. The van der Waals surface area contributed by atoms with E-state index in [0.717, 1.165) is 32.6 Å². The van der Waals surface area contributed by atoms with Crippen molar-refractivity contribution in [1.29, 1.82) is 0 Å².